The lowest BCUT2D eigenvalue weighted by Gasteiger charge is -2.49. The maximum absolute atomic E-state index is 12.5. The minimum Gasteiger partial charge on any atom is -0.394 e. The standard InChI is InChI=1S/C36H56O46S6/c37-1-7-19(77-83(45,46)47)23(14(41)31(44)66-7)74-35-29(81-87(57,58)59)26-17(11(70-35)5-64-26)72-33-16(43)25(21(9(3-39)68-33)79-85(51,52)53)76-36-30(82-88(60,61)62)27-18(12(71-36)6-65-27)73-32-15(42)24(20(8(2-38)67-32)78-84(48,49)50)75-34-28(80-86(54,55)56)22-13(40)10(69-34)4-63-22/h7-44H,1-6H2,(H,45,46,47)(H,48,49,50)(H,51,52,53)(H,54,55,56)(H,57,58,59)(H,60,61,62)/t7-,8-,9-,10-,11-,12-,13+,14-,15-,16-,17+,18+,19+,20+,21+,22+,23-,24-,25-,26+,27+,28-,29-,30-,31-,32+,33+,34-,35-,36-/m1/s1. The summed E-state index contributed by atoms with van der Waals surface area (Å²) in [6.45, 7) is -5.84. The van der Waals surface area contributed by atoms with Gasteiger partial charge >= 0.3 is 62.4 Å². The zero-order valence-electron chi connectivity index (χ0n) is 43.3. The minimum atomic E-state index is -5.80. The van der Waals surface area contributed by atoms with Crippen LogP contribution >= 0.6 is 0 Å². The fourth-order valence-electron chi connectivity index (χ4n) is 11.0. The molecule has 0 unspecified atom stereocenters. The van der Waals surface area contributed by atoms with Gasteiger partial charge in [0.15, 0.2) is 56.1 Å². The number of hydrogen-bond donors (Lipinski definition) is 14. The Labute approximate surface area is 494 Å². The monoisotopic (exact) mass is 1420 g/mol. The first kappa shape index (κ1) is 70.7. The van der Waals surface area contributed by atoms with E-state index < -0.39 is 286 Å². The van der Waals surface area contributed by atoms with E-state index in [1.165, 1.54) is 0 Å². The van der Waals surface area contributed by atoms with Crippen LogP contribution < -0.4 is 0 Å². The number of aliphatic hydroxyl groups excluding tert-OH is 8. The summed E-state index contributed by atoms with van der Waals surface area (Å²) in [5.41, 5.74) is 0. The van der Waals surface area contributed by atoms with Crippen molar-refractivity contribution in [2.45, 2.75) is 184 Å². The van der Waals surface area contributed by atoms with Gasteiger partial charge in [-0.1, -0.05) is 0 Å². The van der Waals surface area contributed by atoms with E-state index in [0.29, 0.717) is 0 Å². The van der Waals surface area contributed by atoms with Crippen molar-refractivity contribution >= 4 is 62.4 Å². The van der Waals surface area contributed by atoms with E-state index in [-0.39, 0.29) is 0 Å². The molecule has 0 aromatic rings. The van der Waals surface area contributed by atoms with Crippen LogP contribution in [0.15, 0.2) is 0 Å². The summed E-state index contributed by atoms with van der Waals surface area (Å²) in [6, 6.07) is 0. The van der Waals surface area contributed by atoms with Crippen LogP contribution in [0.25, 0.3) is 0 Å². The number of ether oxygens (including phenoxy) is 14. The quantitative estimate of drug-likeness (QED) is 0.0378. The van der Waals surface area contributed by atoms with Crippen LogP contribution in [-0.2, 0) is 154 Å². The molecule has 0 saturated carbocycles. The normalized spacial score (nSPS) is 46.0. The maximum atomic E-state index is 12.5. The molecule has 9 heterocycles. The molecule has 9 aliphatic rings. The van der Waals surface area contributed by atoms with Gasteiger partial charge in [0.2, 0.25) is 0 Å². The highest BCUT2D eigenvalue weighted by Crippen LogP contribution is 2.44. The Morgan fingerprint density at radius 2 is 0.568 bits per heavy atom. The minimum absolute atomic E-state index is 0.468. The smallest absolute Gasteiger partial charge is 0.394 e. The van der Waals surface area contributed by atoms with Crippen LogP contribution in [0.4, 0.5) is 0 Å². The van der Waals surface area contributed by atoms with Crippen LogP contribution in [0.5, 0.6) is 0 Å². The molecule has 52 heteroatoms. The second-order valence-corrected chi connectivity index (χ2v) is 26.4. The number of aliphatic hydroxyl groups is 8. The molecule has 6 bridgehead atoms. The van der Waals surface area contributed by atoms with Gasteiger partial charge in [0.05, 0.1) is 39.6 Å². The lowest BCUT2D eigenvalue weighted by molar-refractivity contribution is -0.376. The van der Waals surface area contributed by atoms with Gasteiger partial charge in [-0.05, 0) is 0 Å². The van der Waals surface area contributed by atoms with E-state index in [0.717, 1.165) is 0 Å². The molecule has 9 fully saturated rings. The molecule has 0 amide bonds. The second-order valence-electron chi connectivity index (χ2n) is 20.1. The third-order valence-electron chi connectivity index (χ3n) is 14.4. The van der Waals surface area contributed by atoms with Gasteiger partial charge in [0.1, 0.15) is 128 Å². The Balaban J connectivity index is 0.975. The summed E-state index contributed by atoms with van der Waals surface area (Å²) in [5.74, 6) is 0. The van der Waals surface area contributed by atoms with Crippen LogP contribution in [0, 0.1) is 0 Å². The molecule has 0 aliphatic carbocycles. The van der Waals surface area contributed by atoms with E-state index in [1.54, 1.807) is 0 Å². The predicted octanol–water partition coefficient (Wildman–Crippen LogP) is -12.0. The Bertz CT molecular complexity index is 3120. The molecular weight excluding hydrogens is 1360 g/mol. The molecule has 0 aromatic carbocycles. The number of fused-ring (bicyclic) bond motifs is 6. The molecular formula is C36H56O46S6. The summed E-state index contributed by atoms with van der Waals surface area (Å²) in [6.07, 6.45) is -65.1. The van der Waals surface area contributed by atoms with Gasteiger partial charge in [-0.25, -0.2) is 25.1 Å². The van der Waals surface area contributed by atoms with Gasteiger partial charge in [0.25, 0.3) is 0 Å². The predicted molar refractivity (Wildman–Crippen MR) is 252 cm³/mol. The van der Waals surface area contributed by atoms with Gasteiger partial charge in [-0.15, -0.1) is 0 Å². The topological polar surface area (TPSA) is 673 Å². The van der Waals surface area contributed by atoms with E-state index in [2.05, 4.69) is 12.5 Å². The van der Waals surface area contributed by atoms with E-state index >= 15 is 0 Å². The van der Waals surface area contributed by atoms with Gasteiger partial charge in [-0.3, -0.25) is 27.3 Å². The van der Waals surface area contributed by atoms with Crippen LogP contribution in [-0.4, -0.2) is 343 Å². The first-order valence-electron chi connectivity index (χ1n) is 25.0. The lowest BCUT2D eigenvalue weighted by atomic mass is 9.96. The van der Waals surface area contributed by atoms with Crippen molar-refractivity contribution < 1.29 is 210 Å². The number of rotatable bonds is 25. The van der Waals surface area contributed by atoms with Crippen molar-refractivity contribution in [1.29, 1.82) is 0 Å². The summed E-state index contributed by atoms with van der Waals surface area (Å²) < 4.78 is 311. The molecule has 0 aromatic heterocycles. The van der Waals surface area contributed by atoms with Gasteiger partial charge in [0, 0.05) is 0 Å². The molecule has 0 spiro atoms. The van der Waals surface area contributed by atoms with Crippen LogP contribution in [0.3, 0.4) is 0 Å². The first-order valence-corrected chi connectivity index (χ1v) is 33.1. The number of hydrogen-bond acceptors (Lipinski definition) is 40. The van der Waals surface area contributed by atoms with E-state index in [1.807, 2.05) is 0 Å². The molecule has 88 heavy (non-hydrogen) atoms. The molecule has 512 valence electrons. The zero-order chi connectivity index (χ0) is 64.7. The van der Waals surface area contributed by atoms with Crippen molar-refractivity contribution in [3.63, 3.8) is 0 Å². The highest BCUT2D eigenvalue weighted by molar-refractivity contribution is 7.82. The van der Waals surface area contributed by atoms with E-state index in [9.17, 15) is 119 Å². The van der Waals surface area contributed by atoms with Crippen molar-refractivity contribution in [3.05, 3.63) is 0 Å². The first-order chi connectivity index (χ1) is 40.7. The Hall–Kier alpha value is -1.66. The molecule has 46 nitrogen and oxygen atoms in total. The molecule has 9 aliphatic heterocycles. The second kappa shape index (κ2) is 26.9. The van der Waals surface area contributed by atoms with Gasteiger partial charge in [-0.2, -0.15) is 50.5 Å². The average Bonchev–Trinajstić information content (AvgIpc) is 1.45. The highest BCUT2D eigenvalue weighted by atomic mass is 32.3. The van der Waals surface area contributed by atoms with E-state index in [4.69, 9.17) is 78.9 Å². The molecule has 9 saturated heterocycles. The van der Waals surface area contributed by atoms with Crippen LogP contribution in [0.1, 0.15) is 0 Å². The van der Waals surface area contributed by atoms with Crippen molar-refractivity contribution in [1.82, 2.24) is 0 Å². The molecule has 30 atom stereocenters. The largest absolute Gasteiger partial charge is 0.397 e. The molecule has 9 rings (SSSR count). The SMILES string of the molecule is O=S(=O)(O)O[C@@H]1[C@H](O[C@H]2O[C@@H]3CO[C@@H]([C@H]3O[C@@H]3O[C@H](CO)[C@H](OS(=O)(=O)O)[C@H](O[C@H]4O[C@@H]5CO[C@@H]([C@H]5O[C@@H]5O[C@H](CO)[C@H](OS(=O)(=O)O)[C@H](O[C@H]6O[C@@H]7CO[C@@H]([C@H]7O)[C@H]6OS(=O)(=O)O)[C@H]5O)[C@H]4OS(=O)(=O)O)[C@H]3O)[C@H]2OS(=O)(=O)O)[C@@H](O)[C@H](O)O[C@@H]1CO. The van der Waals surface area contributed by atoms with Crippen molar-refractivity contribution in [2.24, 2.45) is 0 Å². The van der Waals surface area contributed by atoms with Crippen molar-refractivity contribution in [2.75, 3.05) is 39.6 Å². The highest BCUT2D eigenvalue weighted by Gasteiger charge is 2.64. The Morgan fingerprint density at radius 1 is 0.295 bits per heavy atom. The fraction of sp³-hybridized carbons (Fsp3) is 1.00. The summed E-state index contributed by atoms with van der Waals surface area (Å²) >= 11 is 0. The van der Waals surface area contributed by atoms with Crippen molar-refractivity contribution in [3.8, 4) is 0 Å². The molecule has 14 N–H and O–H groups in total. The Kier molecular flexibility index (Phi) is 21.6. The van der Waals surface area contributed by atoms with Gasteiger partial charge < -0.3 is 107 Å². The zero-order valence-corrected chi connectivity index (χ0v) is 48.2. The lowest BCUT2D eigenvalue weighted by Crippen LogP contribution is -2.67. The summed E-state index contributed by atoms with van der Waals surface area (Å²) in [5, 5.41) is 86.2. The fourth-order valence-corrected chi connectivity index (χ4v) is 14.0. The summed E-state index contributed by atoms with van der Waals surface area (Å²) in [7, 11) is -33.9. The van der Waals surface area contributed by atoms with Crippen LogP contribution in [0.2, 0.25) is 0 Å². The third kappa shape index (κ3) is 16.3. The molecule has 0 radical (unpaired) electrons. The maximum Gasteiger partial charge on any atom is 0.397 e. The average molecular weight is 1420 g/mol. The summed E-state index contributed by atoms with van der Waals surface area (Å²) in [4.78, 5) is 0. The Morgan fingerprint density at radius 3 is 0.909 bits per heavy atom. The third-order valence-corrected chi connectivity index (χ3v) is 17.2.